The van der Waals surface area contributed by atoms with E-state index in [1.165, 1.54) is 18.4 Å². The Morgan fingerprint density at radius 2 is 2.22 bits per heavy atom. The van der Waals surface area contributed by atoms with Gasteiger partial charge in [0, 0.05) is 16.6 Å². The maximum absolute atomic E-state index is 6.39. The average molecular weight is 268 g/mol. The Kier molecular flexibility index (Phi) is 4.52. The molecule has 0 amide bonds. The Morgan fingerprint density at radius 3 is 2.78 bits per heavy atom. The second-order valence-electron chi connectivity index (χ2n) is 5.35. The first-order valence-electron chi connectivity index (χ1n) is 6.71. The van der Waals surface area contributed by atoms with Crippen molar-refractivity contribution in [1.82, 2.24) is 5.32 Å². The van der Waals surface area contributed by atoms with Crippen LogP contribution in [-0.4, -0.2) is 19.7 Å². The van der Waals surface area contributed by atoms with Crippen LogP contribution in [0.15, 0.2) is 12.1 Å². The van der Waals surface area contributed by atoms with Gasteiger partial charge in [-0.05, 0) is 49.4 Å². The molecule has 1 aliphatic rings. The monoisotopic (exact) mass is 267 g/mol. The first kappa shape index (κ1) is 13.7. The van der Waals surface area contributed by atoms with Gasteiger partial charge < -0.3 is 10.1 Å². The van der Waals surface area contributed by atoms with E-state index < -0.39 is 0 Å². The summed E-state index contributed by atoms with van der Waals surface area (Å²) < 4.78 is 5.49. The summed E-state index contributed by atoms with van der Waals surface area (Å²) in [4.78, 5) is 0. The molecule has 2 nitrogen and oxygen atoms in total. The van der Waals surface area contributed by atoms with Crippen LogP contribution in [0.4, 0.5) is 0 Å². The first-order chi connectivity index (χ1) is 8.61. The molecule has 0 spiro atoms. The number of benzene rings is 1. The second-order valence-corrected chi connectivity index (χ2v) is 5.75. The number of methoxy groups -OCH3 is 1. The summed E-state index contributed by atoms with van der Waals surface area (Å²) in [5.74, 6) is 1.30. The molecule has 0 radical (unpaired) electrons. The van der Waals surface area contributed by atoms with E-state index in [4.69, 9.17) is 16.3 Å². The molecule has 2 rings (SSSR count). The average Bonchev–Trinajstić information content (AvgIpc) is 2.80. The second kappa shape index (κ2) is 5.94. The number of hydrogen-bond donors (Lipinski definition) is 1. The summed E-state index contributed by atoms with van der Waals surface area (Å²) in [6, 6.07) is 4.83. The van der Waals surface area contributed by atoms with Crippen LogP contribution in [0.1, 0.15) is 43.7 Å². The molecule has 1 saturated heterocycles. The fourth-order valence-corrected chi connectivity index (χ4v) is 3.16. The maximum Gasteiger partial charge on any atom is 0.124 e. The van der Waals surface area contributed by atoms with E-state index in [1.807, 2.05) is 0 Å². The third-order valence-electron chi connectivity index (χ3n) is 3.59. The molecule has 1 aromatic rings. The highest BCUT2D eigenvalue weighted by Gasteiger charge is 2.18. The first-order valence-corrected chi connectivity index (χ1v) is 7.09. The lowest BCUT2D eigenvalue weighted by atomic mass is 9.97. The summed E-state index contributed by atoms with van der Waals surface area (Å²) >= 11 is 6.39. The Hall–Kier alpha value is -0.730. The predicted octanol–water partition coefficient (Wildman–Crippen LogP) is 3.77. The van der Waals surface area contributed by atoms with Gasteiger partial charge in [-0.3, -0.25) is 0 Å². The summed E-state index contributed by atoms with van der Waals surface area (Å²) in [7, 11) is 1.72. The van der Waals surface area contributed by atoms with Crippen LogP contribution in [-0.2, 0) is 6.42 Å². The van der Waals surface area contributed by atoms with E-state index in [9.17, 15) is 0 Å². The smallest absolute Gasteiger partial charge is 0.124 e. The normalized spacial score (nSPS) is 19.5. The van der Waals surface area contributed by atoms with Crippen molar-refractivity contribution >= 4 is 11.6 Å². The van der Waals surface area contributed by atoms with Gasteiger partial charge in [0.05, 0.1) is 7.11 Å². The van der Waals surface area contributed by atoms with Gasteiger partial charge in [0.15, 0.2) is 0 Å². The molecule has 3 heteroatoms. The molecule has 1 atom stereocenters. The van der Waals surface area contributed by atoms with Crippen LogP contribution in [0.3, 0.4) is 0 Å². The third kappa shape index (κ3) is 2.99. The molecule has 0 bridgehead atoms. The van der Waals surface area contributed by atoms with Gasteiger partial charge in [-0.25, -0.2) is 0 Å². The van der Waals surface area contributed by atoms with Crippen molar-refractivity contribution in [3.8, 4) is 5.75 Å². The molecule has 1 N–H and O–H groups in total. The van der Waals surface area contributed by atoms with E-state index in [0.717, 1.165) is 29.3 Å². The van der Waals surface area contributed by atoms with Gasteiger partial charge in [0.2, 0.25) is 0 Å². The number of halogens is 1. The van der Waals surface area contributed by atoms with E-state index in [2.05, 4.69) is 31.3 Å². The summed E-state index contributed by atoms with van der Waals surface area (Å²) in [5.41, 5.74) is 2.38. The van der Waals surface area contributed by atoms with E-state index in [0.29, 0.717) is 12.0 Å². The summed E-state index contributed by atoms with van der Waals surface area (Å²) in [5, 5.41) is 4.35. The zero-order valence-electron chi connectivity index (χ0n) is 11.4. The minimum absolute atomic E-state index is 0.381. The van der Waals surface area contributed by atoms with Crippen molar-refractivity contribution in [2.24, 2.45) is 0 Å². The molecule has 1 aliphatic heterocycles. The Balaban J connectivity index is 2.24. The zero-order chi connectivity index (χ0) is 13.1. The van der Waals surface area contributed by atoms with Crippen LogP contribution in [0, 0.1) is 0 Å². The maximum atomic E-state index is 6.39. The lowest BCUT2D eigenvalue weighted by molar-refractivity contribution is 0.406. The molecule has 1 unspecified atom stereocenters. The summed E-state index contributed by atoms with van der Waals surface area (Å²) in [6.07, 6.45) is 3.57. The summed E-state index contributed by atoms with van der Waals surface area (Å²) in [6.45, 7) is 5.42. The van der Waals surface area contributed by atoms with Crippen molar-refractivity contribution in [3.63, 3.8) is 0 Å². The highest BCUT2D eigenvalue weighted by molar-refractivity contribution is 6.31. The molecule has 1 fully saturated rings. The zero-order valence-corrected chi connectivity index (χ0v) is 12.2. The number of hydrogen-bond acceptors (Lipinski definition) is 2. The fourth-order valence-electron chi connectivity index (χ4n) is 2.71. The molecule has 0 aromatic heterocycles. The highest BCUT2D eigenvalue weighted by atomic mass is 35.5. The molecular weight excluding hydrogens is 246 g/mol. The van der Waals surface area contributed by atoms with E-state index >= 15 is 0 Å². The minimum Gasteiger partial charge on any atom is -0.496 e. The van der Waals surface area contributed by atoms with E-state index in [1.54, 1.807) is 7.11 Å². The number of ether oxygens (including phenoxy) is 1. The van der Waals surface area contributed by atoms with Crippen molar-refractivity contribution in [1.29, 1.82) is 0 Å². The molecule has 100 valence electrons. The van der Waals surface area contributed by atoms with Crippen molar-refractivity contribution in [2.45, 2.75) is 45.1 Å². The molecular formula is C15H22ClNO. The van der Waals surface area contributed by atoms with Gasteiger partial charge in [-0.2, -0.15) is 0 Å². The number of nitrogens with one attached hydrogen (secondary N) is 1. The van der Waals surface area contributed by atoms with Crippen LogP contribution >= 0.6 is 11.6 Å². The quantitative estimate of drug-likeness (QED) is 0.897. The standard InChI is InChI=1S/C15H22ClNO/c1-10(2)15-13(16)8-11(9-14(15)18-3)7-12-5-4-6-17-12/h8-10,12,17H,4-7H2,1-3H3. The topological polar surface area (TPSA) is 21.3 Å². The van der Waals surface area contributed by atoms with Crippen molar-refractivity contribution in [3.05, 3.63) is 28.3 Å². The molecule has 18 heavy (non-hydrogen) atoms. The van der Waals surface area contributed by atoms with Crippen LogP contribution in [0.2, 0.25) is 5.02 Å². The predicted molar refractivity (Wildman–Crippen MR) is 76.8 cm³/mol. The Labute approximate surface area is 115 Å². The van der Waals surface area contributed by atoms with Gasteiger partial charge in [0.1, 0.15) is 5.75 Å². The molecule has 1 heterocycles. The Morgan fingerprint density at radius 1 is 1.44 bits per heavy atom. The van der Waals surface area contributed by atoms with Crippen molar-refractivity contribution < 1.29 is 4.74 Å². The highest BCUT2D eigenvalue weighted by Crippen LogP contribution is 2.35. The van der Waals surface area contributed by atoms with Crippen LogP contribution < -0.4 is 10.1 Å². The largest absolute Gasteiger partial charge is 0.496 e. The molecule has 0 aliphatic carbocycles. The van der Waals surface area contributed by atoms with Crippen LogP contribution in [0.5, 0.6) is 5.75 Å². The fraction of sp³-hybridized carbons (Fsp3) is 0.600. The SMILES string of the molecule is COc1cc(CC2CCCN2)cc(Cl)c1C(C)C. The molecule has 1 aromatic carbocycles. The minimum atomic E-state index is 0.381. The Bertz CT molecular complexity index is 411. The van der Waals surface area contributed by atoms with Gasteiger partial charge in [-0.1, -0.05) is 25.4 Å². The van der Waals surface area contributed by atoms with Gasteiger partial charge in [-0.15, -0.1) is 0 Å². The van der Waals surface area contributed by atoms with Crippen LogP contribution in [0.25, 0.3) is 0 Å². The van der Waals surface area contributed by atoms with Gasteiger partial charge in [0.25, 0.3) is 0 Å². The van der Waals surface area contributed by atoms with Crippen molar-refractivity contribution in [2.75, 3.05) is 13.7 Å². The van der Waals surface area contributed by atoms with E-state index in [-0.39, 0.29) is 0 Å². The lowest BCUT2D eigenvalue weighted by Crippen LogP contribution is -2.23. The number of rotatable bonds is 4. The third-order valence-corrected chi connectivity index (χ3v) is 3.91. The van der Waals surface area contributed by atoms with Gasteiger partial charge >= 0.3 is 0 Å². The lowest BCUT2D eigenvalue weighted by Gasteiger charge is -2.17. The molecule has 0 saturated carbocycles.